The Bertz CT molecular complexity index is 755. The van der Waals surface area contributed by atoms with Gasteiger partial charge < -0.3 is 15.0 Å². The molecule has 0 unspecified atom stereocenters. The molecule has 1 aromatic carbocycles. The van der Waals surface area contributed by atoms with Gasteiger partial charge in [0, 0.05) is 24.1 Å². The third kappa shape index (κ3) is 4.63. The van der Waals surface area contributed by atoms with Crippen molar-refractivity contribution in [1.29, 1.82) is 0 Å². The summed E-state index contributed by atoms with van der Waals surface area (Å²) in [6.07, 6.45) is 0. The van der Waals surface area contributed by atoms with E-state index in [9.17, 15) is 14.0 Å². The van der Waals surface area contributed by atoms with Gasteiger partial charge in [-0.1, -0.05) is 13.8 Å². The number of fused-ring (bicyclic) bond motifs is 1. The van der Waals surface area contributed by atoms with Crippen LogP contribution < -0.4 is 10.9 Å². The van der Waals surface area contributed by atoms with Crippen molar-refractivity contribution in [3.05, 3.63) is 46.0 Å². The first-order valence-electron chi connectivity index (χ1n) is 7.58. The maximum atomic E-state index is 13.3. The number of nitrogens with one attached hydrogen (secondary N) is 2. The maximum Gasteiger partial charge on any atom is 0.252 e. The van der Waals surface area contributed by atoms with Crippen molar-refractivity contribution in [3.63, 3.8) is 0 Å². The molecule has 23 heavy (non-hydrogen) atoms. The predicted molar refractivity (Wildman–Crippen MR) is 87.1 cm³/mol. The summed E-state index contributed by atoms with van der Waals surface area (Å²) in [6, 6.07) is 4.96. The number of ether oxygens (including phenoxy) is 1. The number of H-pyrrole nitrogens is 1. The van der Waals surface area contributed by atoms with Crippen molar-refractivity contribution in [3.8, 4) is 0 Å². The Morgan fingerprint density at radius 3 is 2.70 bits per heavy atom. The van der Waals surface area contributed by atoms with Crippen LogP contribution in [-0.4, -0.2) is 30.1 Å². The molecule has 0 saturated carbocycles. The first-order valence-corrected chi connectivity index (χ1v) is 7.58. The Balaban J connectivity index is 2.16. The Hall–Kier alpha value is -2.21. The molecular formula is C17H21FN2O3. The van der Waals surface area contributed by atoms with Crippen LogP contribution in [-0.2, 0) is 4.74 Å². The van der Waals surface area contributed by atoms with Crippen molar-refractivity contribution in [2.45, 2.75) is 26.8 Å². The lowest BCUT2D eigenvalue weighted by Gasteiger charge is -2.16. The van der Waals surface area contributed by atoms with E-state index in [1.54, 1.807) is 0 Å². The summed E-state index contributed by atoms with van der Waals surface area (Å²) in [5.74, 6) is -0.432. The zero-order valence-electron chi connectivity index (χ0n) is 13.5. The van der Waals surface area contributed by atoms with Crippen LogP contribution in [0.3, 0.4) is 0 Å². The average molecular weight is 320 g/mol. The fourth-order valence-corrected chi connectivity index (χ4v) is 2.24. The predicted octanol–water partition coefficient (Wildman–Crippen LogP) is 2.46. The lowest BCUT2D eigenvalue weighted by Crippen LogP contribution is -2.36. The standard InChI is InChI=1S/C17H21FN2O3/c1-10(2)8-23-9-11(3)19-17(22)14-7-16(21)20-15-6-12(18)4-5-13(14)15/h4-7,10-11H,8-9H2,1-3H3,(H,19,22)(H,20,21)/t11-/m1/s1. The average Bonchev–Trinajstić information content (AvgIpc) is 2.45. The van der Waals surface area contributed by atoms with Gasteiger partial charge in [-0.25, -0.2) is 4.39 Å². The molecule has 0 bridgehead atoms. The summed E-state index contributed by atoms with van der Waals surface area (Å²) in [7, 11) is 0. The van der Waals surface area contributed by atoms with E-state index in [2.05, 4.69) is 10.3 Å². The van der Waals surface area contributed by atoms with Gasteiger partial charge in [0.15, 0.2) is 0 Å². The number of carbonyl (C=O) groups excluding carboxylic acids is 1. The lowest BCUT2D eigenvalue weighted by atomic mass is 10.1. The van der Waals surface area contributed by atoms with E-state index < -0.39 is 11.4 Å². The van der Waals surface area contributed by atoms with Gasteiger partial charge in [0.2, 0.25) is 5.56 Å². The Kier molecular flexibility index (Phi) is 5.50. The molecule has 0 spiro atoms. The summed E-state index contributed by atoms with van der Waals surface area (Å²) < 4.78 is 18.8. The van der Waals surface area contributed by atoms with Crippen molar-refractivity contribution >= 4 is 16.8 Å². The number of hydrogen-bond acceptors (Lipinski definition) is 3. The Labute approximate surface area is 133 Å². The zero-order valence-corrected chi connectivity index (χ0v) is 13.5. The molecule has 5 nitrogen and oxygen atoms in total. The molecule has 1 atom stereocenters. The highest BCUT2D eigenvalue weighted by Gasteiger charge is 2.15. The highest BCUT2D eigenvalue weighted by molar-refractivity contribution is 6.06. The fourth-order valence-electron chi connectivity index (χ4n) is 2.24. The van der Waals surface area contributed by atoms with Crippen molar-refractivity contribution < 1.29 is 13.9 Å². The van der Waals surface area contributed by atoms with Crippen molar-refractivity contribution in [2.24, 2.45) is 5.92 Å². The molecule has 2 N–H and O–H groups in total. The van der Waals surface area contributed by atoms with Crippen LogP contribution >= 0.6 is 0 Å². The molecule has 6 heteroatoms. The second-order valence-electron chi connectivity index (χ2n) is 6.04. The van der Waals surface area contributed by atoms with E-state index in [1.807, 2.05) is 20.8 Å². The lowest BCUT2D eigenvalue weighted by molar-refractivity contribution is 0.0793. The molecule has 2 aromatic rings. The molecule has 1 aromatic heterocycles. The SMILES string of the molecule is CC(C)COC[C@@H](C)NC(=O)c1cc(=O)[nH]c2cc(F)ccc12. The minimum Gasteiger partial charge on any atom is -0.379 e. The summed E-state index contributed by atoms with van der Waals surface area (Å²) in [5.41, 5.74) is 0.0720. The number of halogens is 1. The first-order chi connectivity index (χ1) is 10.9. The highest BCUT2D eigenvalue weighted by atomic mass is 19.1. The maximum absolute atomic E-state index is 13.3. The molecule has 2 rings (SSSR count). The number of amides is 1. The van der Waals surface area contributed by atoms with Crippen LogP contribution in [0.5, 0.6) is 0 Å². The summed E-state index contributed by atoms with van der Waals surface area (Å²) >= 11 is 0. The van der Waals surface area contributed by atoms with Crippen LogP contribution in [0.1, 0.15) is 31.1 Å². The van der Waals surface area contributed by atoms with Crippen LogP contribution in [0.15, 0.2) is 29.1 Å². The van der Waals surface area contributed by atoms with Gasteiger partial charge in [-0.3, -0.25) is 9.59 Å². The van der Waals surface area contributed by atoms with Gasteiger partial charge in [-0.05, 0) is 31.0 Å². The summed E-state index contributed by atoms with van der Waals surface area (Å²) in [5, 5.41) is 3.29. The van der Waals surface area contributed by atoms with E-state index in [-0.39, 0.29) is 17.5 Å². The van der Waals surface area contributed by atoms with E-state index in [1.165, 1.54) is 24.3 Å². The van der Waals surface area contributed by atoms with E-state index in [0.29, 0.717) is 30.0 Å². The first kappa shape index (κ1) is 17.1. The molecule has 124 valence electrons. The van der Waals surface area contributed by atoms with Gasteiger partial charge >= 0.3 is 0 Å². The van der Waals surface area contributed by atoms with Gasteiger partial charge in [0.1, 0.15) is 5.82 Å². The molecular weight excluding hydrogens is 299 g/mol. The summed E-state index contributed by atoms with van der Waals surface area (Å²) in [4.78, 5) is 26.6. The van der Waals surface area contributed by atoms with Crippen LogP contribution in [0.4, 0.5) is 4.39 Å². The second-order valence-corrected chi connectivity index (χ2v) is 6.04. The fraction of sp³-hybridized carbons (Fsp3) is 0.412. The van der Waals surface area contributed by atoms with Crippen molar-refractivity contribution in [2.75, 3.05) is 13.2 Å². The van der Waals surface area contributed by atoms with Gasteiger partial charge in [0.05, 0.1) is 17.7 Å². The number of benzene rings is 1. The molecule has 1 heterocycles. The normalized spacial score (nSPS) is 12.6. The highest BCUT2D eigenvalue weighted by Crippen LogP contribution is 2.16. The number of pyridine rings is 1. The largest absolute Gasteiger partial charge is 0.379 e. The van der Waals surface area contributed by atoms with E-state index in [0.717, 1.165) is 0 Å². The number of rotatable bonds is 6. The van der Waals surface area contributed by atoms with Gasteiger partial charge in [-0.15, -0.1) is 0 Å². The van der Waals surface area contributed by atoms with Crippen LogP contribution in [0, 0.1) is 11.7 Å². The number of aromatic amines is 1. The monoisotopic (exact) mass is 320 g/mol. The van der Waals surface area contributed by atoms with Gasteiger partial charge in [0.25, 0.3) is 5.91 Å². The summed E-state index contributed by atoms with van der Waals surface area (Å²) in [6.45, 7) is 6.93. The molecule has 0 radical (unpaired) electrons. The molecule has 0 saturated heterocycles. The Morgan fingerprint density at radius 2 is 2.00 bits per heavy atom. The number of carbonyl (C=O) groups is 1. The van der Waals surface area contributed by atoms with E-state index >= 15 is 0 Å². The number of hydrogen-bond donors (Lipinski definition) is 2. The molecule has 0 aliphatic rings. The quantitative estimate of drug-likeness (QED) is 0.859. The third-order valence-electron chi connectivity index (χ3n) is 3.25. The minimum atomic E-state index is -0.471. The molecule has 0 aliphatic heterocycles. The molecule has 0 aliphatic carbocycles. The van der Waals surface area contributed by atoms with Crippen LogP contribution in [0.25, 0.3) is 10.9 Å². The molecule has 0 fully saturated rings. The smallest absolute Gasteiger partial charge is 0.252 e. The minimum absolute atomic E-state index is 0.198. The topological polar surface area (TPSA) is 71.2 Å². The number of aromatic nitrogens is 1. The van der Waals surface area contributed by atoms with Gasteiger partial charge in [-0.2, -0.15) is 0 Å². The second kappa shape index (κ2) is 7.37. The zero-order chi connectivity index (χ0) is 17.0. The van der Waals surface area contributed by atoms with E-state index in [4.69, 9.17) is 4.74 Å². The third-order valence-corrected chi connectivity index (χ3v) is 3.25. The molecule has 1 amide bonds. The Morgan fingerprint density at radius 1 is 1.26 bits per heavy atom. The van der Waals surface area contributed by atoms with Crippen molar-refractivity contribution in [1.82, 2.24) is 10.3 Å². The van der Waals surface area contributed by atoms with Crippen LogP contribution in [0.2, 0.25) is 0 Å².